The molecule has 0 saturated carbocycles. The number of aliphatic imine (C=N–C) groups is 1. The van der Waals surface area contributed by atoms with Crippen LogP contribution in [0.5, 0.6) is 0 Å². The van der Waals surface area contributed by atoms with E-state index in [0.29, 0.717) is 12.0 Å². The molecule has 23 heavy (non-hydrogen) atoms. The minimum absolute atomic E-state index is 0.463. The molecule has 2 unspecified atom stereocenters. The van der Waals surface area contributed by atoms with Crippen LogP contribution >= 0.6 is 11.8 Å². The predicted molar refractivity (Wildman–Crippen MR) is 100 cm³/mol. The molecule has 2 rings (SSSR count). The van der Waals surface area contributed by atoms with Gasteiger partial charge in [0.25, 0.3) is 0 Å². The molecular formula is C17H29N5S. The number of guanidine groups is 1. The molecule has 0 spiro atoms. The average Bonchev–Trinajstić information content (AvgIpc) is 3.08. The Morgan fingerprint density at radius 2 is 2.43 bits per heavy atom. The lowest BCUT2D eigenvalue weighted by Crippen LogP contribution is -2.49. The number of rotatable bonds is 7. The maximum Gasteiger partial charge on any atom is 0.194 e. The van der Waals surface area contributed by atoms with Crippen molar-refractivity contribution in [3.63, 3.8) is 0 Å². The molecule has 1 fully saturated rings. The second-order valence-corrected chi connectivity index (χ2v) is 7.04. The van der Waals surface area contributed by atoms with Crippen LogP contribution in [0.25, 0.3) is 0 Å². The molecule has 1 aliphatic heterocycles. The number of thioether (sulfide) groups is 1. The van der Waals surface area contributed by atoms with Gasteiger partial charge in [0.15, 0.2) is 5.96 Å². The number of nitrogens with zero attached hydrogens (tertiary/aromatic N) is 4. The van der Waals surface area contributed by atoms with E-state index in [4.69, 9.17) is 4.99 Å². The van der Waals surface area contributed by atoms with Gasteiger partial charge in [-0.2, -0.15) is 11.8 Å². The highest BCUT2D eigenvalue weighted by Crippen LogP contribution is 2.27. The summed E-state index contributed by atoms with van der Waals surface area (Å²) in [4.78, 5) is 11.4. The summed E-state index contributed by atoms with van der Waals surface area (Å²) >= 11 is 1.88. The second-order valence-electron chi connectivity index (χ2n) is 5.89. The molecule has 1 aromatic rings. The number of hydrogen-bond donors (Lipinski definition) is 1. The van der Waals surface area contributed by atoms with Gasteiger partial charge in [-0.1, -0.05) is 13.0 Å². The molecule has 6 heteroatoms. The summed E-state index contributed by atoms with van der Waals surface area (Å²) in [6.45, 7) is 12.0. The van der Waals surface area contributed by atoms with E-state index in [1.807, 2.05) is 30.4 Å². The van der Waals surface area contributed by atoms with Gasteiger partial charge in [0.2, 0.25) is 0 Å². The maximum absolute atomic E-state index is 4.80. The third-order valence-electron chi connectivity index (χ3n) is 4.19. The summed E-state index contributed by atoms with van der Waals surface area (Å²) in [5, 5.41) is 3.45. The number of nitrogens with one attached hydrogen (secondary N) is 1. The lowest BCUT2D eigenvalue weighted by Gasteiger charge is -2.39. The van der Waals surface area contributed by atoms with Gasteiger partial charge in [-0.25, -0.2) is 4.98 Å². The van der Waals surface area contributed by atoms with E-state index in [9.17, 15) is 0 Å². The fourth-order valence-corrected chi connectivity index (χ4v) is 3.46. The minimum Gasteiger partial charge on any atom is -0.357 e. The molecule has 2 heterocycles. The Kier molecular flexibility index (Phi) is 7.52. The second kappa shape index (κ2) is 9.65. The van der Waals surface area contributed by atoms with Gasteiger partial charge in [0.05, 0.1) is 18.9 Å². The van der Waals surface area contributed by atoms with Gasteiger partial charge in [0, 0.05) is 43.5 Å². The van der Waals surface area contributed by atoms with Crippen molar-refractivity contribution in [2.24, 2.45) is 10.9 Å². The van der Waals surface area contributed by atoms with Crippen molar-refractivity contribution < 1.29 is 0 Å². The van der Waals surface area contributed by atoms with Crippen molar-refractivity contribution in [2.75, 3.05) is 37.7 Å². The van der Waals surface area contributed by atoms with Crippen molar-refractivity contribution in [2.45, 2.75) is 26.3 Å². The van der Waals surface area contributed by atoms with Crippen molar-refractivity contribution in [1.29, 1.82) is 0 Å². The molecule has 1 N–H and O–H groups in total. The zero-order chi connectivity index (χ0) is 16.5. The lowest BCUT2D eigenvalue weighted by atomic mass is 9.93. The van der Waals surface area contributed by atoms with Gasteiger partial charge in [-0.05, 0) is 19.3 Å². The van der Waals surface area contributed by atoms with E-state index >= 15 is 0 Å². The molecular weight excluding hydrogens is 306 g/mol. The lowest BCUT2D eigenvalue weighted by molar-refractivity contribution is 0.189. The third kappa shape index (κ3) is 5.30. The molecule has 0 amide bonds. The Balaban J connectivity index is 1.97. The number of hydrogen-bond acceptors (Lipinski definition) is 3. The average molecular weight is 336 g/mol. The van der Waals surface area contributed by atoms with Crippen LogP contribution < -0.4 is 5.32 Å². The SMILES string of the molecule is C=CCSCCN=C(NCC)N1CCC(C)C(n2ccnc2)C1. The zero-order valence-electron chi connectivity index (χ0n) is 14.3. The monoisotopic (exact) mass is 335 g/mol. The Hall–Kier alpha value is -1.43. The Labute approximate surface area is 144 Å². The topological polar surface area (TPSA) is 45.5 Å². The summed E-state index contributed by atoms with van der Waals surface area (Å²) < 4.78 is 2.24. The van der Waals surface area contributed by atoms with E-state index in [2.05, 4.69) is 46.4 Å². The van der Waals surface area contributed by atoms with Crippen LogP contribution in [0.4, 0.5) is 0 Å². The summed E-state index contributed by atoms with van der Waals surface area (Å²) in [5.74, 6) is 3.74. The van der Waals surface area contributed by atoms with Gasteiger partial charge in [-0.3, -0.25) is 4.99 Å². The fraction of sp³-hybridized carbons (Fsp3) is 0.647. The van der Waals surface area contributed by atoms with Crippen LogP contribution in [0.3, 0.4) is 0 Å². The first kappa shape index (κ1) is 17.9. The molecule has 0 aliphatic carbocycles. The van der Waals surface area contributed by atoms with Crippen LogP contribution in [0.1, 0.15) is 26.3 Å². The molecule has 5 nitrogen and oxygen atoms in total. The van der Waals surface area contributed by atoms with Crippen LogP contribution in [0.15, 0.2) is 36.4 Å². The molecule has 1 aliphatic rings. The Morgan fingerprint density at radius 1 is 1.57 bits per heavy atom. The van der Waals surface area contributed by atoms with E-state index < -0.39 is 0 Å². The highest BCUT2D eigenvalue weighted by Gasteiger charge is 2.28. The molecule has 128 valence electrons. The first-order chi connectivity index (χ1) is 11.3. The predicted octanol–water partition coefficient (Wildman–Crippen LogP) is 2.65. The van der Waals surface area contributed by atoms with Gasteiger partial charge < -0.3 is 14.8 Å². The quantitative estimate of drug-likeness (QED) is 0.360. The number of aromatic nitrogens is 2. The summed E-state index contributed by atoms with van der Waals surface area (Å²) in [5.41, 5.74) is 0. The van der Waals surface area contributed by atoms with Gasteiger partial charge >= 0.3 is 0 Å². The number of imidazole rings is 1. The van der Waals surface area contributed by atoms with E-state index in [0.717, 1.165) is 43.6 Å². The van der Waals surface area contributed by atoms with Crippen LogP contribution in [0, 0.1) is 5.92 Å². The van der Waals surface area contributed by atoms with E-state index in [1.54, 1.807) is 0 Å². The molecule has 2 atom stereocenters. The third-order valence-corrected chi connectivity index (χ3v) is 5.14. The molecule has 0 bridgehead atoms. The Bertz CT molecular complexity index is 485. The number of likely N-dealkylation sites (tertiary alicyclic amines) is 1. The molecule has 0 aromatic carbocycles. The van der Waals surface area contributed by atoms with Crippen molar-refractivity contribution in [3.8, 4) is 0 Å². The van der Waals surface area contributed by atoms with Gasteiger partial charge in [0.1, 0.15) is 0 Å². The van der Waals surface area contributed by atoms with Crippen LogP contribution in [-0.4, -0.2) is 58.1 Å². The van der Waals surface area contributed by atoms with E-state index in [1.165, 1.54) is 6.42 Å². The summed E-state index contributed by atoms with van der Waals surface area (Å²) in [6, 6.07) is 0.463. The highest BCUT2D eigenvalue weighted by atomic mass is 32.2. The smallest absolute Gasteiger partial charge is 0.194 e. The molecule has 1 saturated heterocycles. The minimum atomic E-state index is 0.463. The standard InChI is InChI=1S/C17H29N5S/c1-4-11-23-12-8-20-17(19-5-2)21-9-6-15(3)16(13-21)22-10-7-18-14-22/h4,7,10,14-16H,1,5-6,8-9,11-13H2,2-3H3,(H,19,20). The largest absolute Gasteiger partial charge is 0.357 e. The molecule has 0 radical (unpaired) electrons. The zero-order valence-corrected chi connectivity index (χ0v) is 15.1. The van der Waals surface area contributed by atoms with Crippen LogP contribution in [0.2, 0.25) is 0 Å². The van der Waals surface area contributed by atoms with Crippen molar-refractivity contribution in [1.82, 2.24) is 19.8 Å². The molecule has 1 aromatic heterocycles. The van der Waals surface area contributed by atoms with Gasteiger partial charge in [-0.15, -0.1) is 6.58 Å². The normalized spacial score (nSPS) is 22.2. The van der Waals surface area contributed by atoms with E-state index in [-0.39, 0.29) is 0 Å². The number of piperidine rings is 1. The fourth-order valence-electron chi connectivity index (χ4n) is 2.90. The summed E-state index contributed by atoms with van der Waals surface area (Å²) in [6.07, 6.45) is 8.99. The summed E-state index contributed by atoms with van der Waals surface area (Å²) in [7, 11) is 0. The van der Waals surface area contributed by atoms with Crippen molar-refractivity contribution >= 4 is 17.7 Å². The Morgan fingerprint density at radius 3 is 3.13 bits per heavy atom. The van der Waals surface area contributed by atoms with Crippen molar-refractivity contribution in [3.05, 3.63) is 31.4 Å². The highest BCUT2D eigenvalue weighted by molar-refractivity contribution is 7.99. The first-order valence-electron chi connectivity index (χ1n) is 8.45. The maximum atomic E-state index is 4.80. The van der Waals surface area contributed by atoms with Crippen LogP contribution in [-0.2, 0) is 0 Å². The first-order valence-corrected chi connectivity index (χ1v) is 9.61.